The lowest BCUT2D eigenvalue weighted by Gasteiger charge is -2.18. The molecule has 0 atom stereocenters. The fourth-order valence-corrected chi connectivity index (χ4v) is 2.86. The van der Waals surface area contributed by atoms with Crippen molar-refractivity contribution in [3.63, 3.8) is 0 Å². The van der Waals surface area contributed by atoms with Crippen molar-refractivity contribution >= 4 is 11.6 Å². The van der Waals surface area contributed by atoms with Gasteiger partial charge in [0.1, 0.15) is 5.69 Å². The fourth-order valence-electron chi connectivity index (χ4n) is 2.86. The zero-order valence-corrected chi connectivity index (χ0v) is 15.8. The monoisotopic (exact) mass is 363 g/mol. The number of aromatic amines is 1. The first-order chi connectivity index (χ1) is 13.2. The first-order valence-corrected chi connectivity index (χ1v) is 9.26. The van der Waals surface area contributed by atoms with Crippen molar-refractivity contribution in [3.05, 3.63) is 81.8 Å². The van der Waals surface area contributed by atoms with Crippen molar-refractivity contribution in [2.75, 3.05) is 18.4 Å². The van der Waals surface area contributed by atoms with Gasteiger partial charge in [0.2, 0.25) is 5.95 Å². The zero-order chi connectivity index (χ0) is 19.1. The molecule has 2 aromatic carbocycles. The van der Waals surface area contributed by atoms with E-state index in [1.165, 1.54) is 5.56 Å². The molecule has 0 radical (unpaired) electrons. The molecule has 2 N–H and O–H groups in total. The summed E-state index contributed by atoms with van der Waals surface area (Å²) in [5.41, 5.74) is 3.32. The quantitative estimate of drug-likeness (QED) is 0.642. The van der Waals surface area contributed by atoms with Gasteiger partial charge in [-0.15, -0.1) is 10.2 Å². The molecule has 3 aromatic rings. The van der Waals surface area contributed by atoms with E-state index in [4.69, 9.17) is 0 Å². The maximum absolute atomic E-state index is 12.3. The van der Waals surface area contributed by atoms with Gasteiger partial charge in [-0.2, -0.15) is 0 Å². The van der Waals surface area contributed by atoms with E-state index in [1.807, 2.05) is 42.5 Å². The van der Waals surface area contributed by atoms with Crippen molar-refractivity contribution in [2.24, 2.45) is 0 Å². The number of H-pyrrole nitrogens is 1. The van der Waals surface area contributed by atoms with E-state index in [-0.39, 0.29) is 5.56 Å². The molecule has 0 amide bonds. The molecule has 0 fully saturated rings. The third-order valence-electron chi connectivity index (χ3n) is 4.50. The molecule has 140 valence electrons. The van der Waals surface area contributed by atoms with Crippen LogP contribution >= 0.6 is 0 Å². The molecule has 3 rings (SSSR count). The average Bonchev–Trinajstić information content (AvgIpc) is 2.70. The second kappa shape index (κ2) is 9.09. The van der Waals surface area contributed by atoms with Crippen LogP contribution in [0.3, 0.4) is 0 Å². The van der Waals surface area contributed by atoms with Crippen molar-refractivity contribution in [2.45, 2.75) is 26.8 Å². The third-order valence-corrected chi connectivity index (χ3v) is 4.50. The Labute approximate surface area is 159 Å². The molecule has 1 aromatic heterocycles. The molecule has 0 aliphatic rings. The predicted molar refractivity (Wildman–Crippen MR) is 108 cm³/mol. The van der Waals surface area contributed by atoms with E-state index in [9.17, 15) is 4.79 Å². The molecule has 0 unspecified atom stereocenters. The maximum Gasteiger partial charge on any atom is 0.274 e. The number of nitrogens with zero attached hydrogens (tertiary/aromatic N) is 3. The largest absolute Gasteiger partial charge is 0.324 e. The lowest BCUT2D eigenvalue weighted by Crippen LogP contribution is -2.22. The molecular formula is C21H25N5O. The van der Waals surface area contributed by atoms with Crippen molar-refractivity contribution < 1.29 is 0 Å². The van der Waals surface area contributed by atoms with E-state index in [0.717, 1.165) is 30.9 Å². The van der Waals surface area contributed by atoms with Crippen LogP contribution in [0.15, 0.2) is 59.4 Å². The van der Waals surface area contributed by atoms with Crippen LogP contribution < -0.4 is 10.9 Å². The highest BCUT2D eigenvalue weighted by Gasteiger charge is 2.07. The van der Waals surface area contributed by atoms with Crippen LogP contribution in [0.5, 0.6) is 0 Å². The molecule has 27 heavy (non-hydrogen) atoms. The summed E-state index contributed by atoms with van der Waals surface area (Å²) in [4.78, 5) is 17.4. The summed E-state index contributed by atoms with van der Waals surface area (Å²) in [6, 6.07) is 17.9. The second-order valence-electron chi connectivity index (χ2n) is 6.40. The lowest BCUT2D eigenvalue weighted by atomic mass is 10.1. The summed E-state index contributed by atoms with van der Waals surface area (Å²) in [6.07, 6.45) is 0.462. The Kier molecular flexibility index (Phi) is 6.33. The van der Waals surface area contributed by atoms with Gasteiger partial charge in [-0.1, -0.05) is 56.3 Å². The van der Waals surface area contributed by atoms with Gasteiger partial charge in [0.25, 0.3) is 5.56 Å². The van der Waals surface area contributed by atoms with E-state index in [2.05, 4.69) is 51.4 Å². The van der Waals surface area contributed by atoms with Crippen molar-refractivity contribution in [3.8, 4) is 0 Å². The minimum Gasteiger partial charge on any atom is -0.324 e. The highest BCUT2D eigenvalue weighted by Crippen LogP contribution is 2.14. The number of hydrogen-bond acceptors (Lipinski definition) is 5. The number of rotatable bonds is 8. The molecular weight excluding hydrogens is 338 g/mol. The first kappa shape index (κ1) is 18.8. The summed E-state index contributed by atoms with van der Waals surface area (Å²) in [7, 11) is 0. The van der Waals surface area contributed by atoms with Gasteiger partial charge in [0.15, 0.2) is 0 Å². The maximum atomic E-state index is 12.3. The first-order valence-electron chi connectivity index (χ1n) is 9.26. The molecule has 0 saturated heterocycles. The number of aromatic nitrogens is 3. The Morgan fingerprint density at radius 3 is 2.26 bits per heavy atom. The van der Waals surface area contributed by atoms with Crippen LogP contribution in [0.1, 0.15) is 30.7 Å². The number of nitrogens with one attached hydrogen (secondary N) is 2. The molecule has 0 saturated carbocycles. The van der Waals surface area contributed by atoms with Crippen molar-refractivity contribution in [1.29, 1.82) is 0 Å². The number of benzene rings is 2. The van der Waals surface area contributed by atoms with E-state index in [1.54, 1.807) is 0 Å². The smallest absolute Gasteiger partial charge is 0.274 e. The van der Waals surface area contributed by atoms with Gasteiger partial charge in [-0.25, -0.2) is 0 Å². The Balaban J connectivity index is 1.65. The summed E-state index contributed by atoms with van der Waals surface area (Å²) < 4.78 is 0. The highest BCUT2D eigenvalue weighted by molar-refractivity contribution is 5.53. The van der Waals surface area contributed by atoms with E-state index >= 15 is 0 Å². The normalized spacial score (nSPS) is 10.9. The summed E-state index contributed by atoms with van der Waals surface area (Å²) in [5, 5.41) is 11.3. The molecule has 6 nitrogen and oxygen atoms in total. The zero-order valence-electron chi connectivity index (χ0n) is 15.8. The Morgan fingerprint density at radius 2 is 1.63 bits per heavy atom. The summed E-state index contributed by atoms with van der Waals surface area (Å²) in [5.74, 6) is 0.341. The molecule has 0 spiro atoms. The number of anilines is 2. The number of hydrogen-bond donors (Lipinski definition) is 2. The average molecular weight is 363 g/mol. The van der Waals surface area contributed by atoms with Gasteiger partial charge in [0.05, 0.1) is 0 Å². The summed E-state index contributed by atoms with van der Waals surface area (Å²) in [6.45, 7) is 7.31. The minimum absolute atomic E-state index is 0.227. The van der Waals surface area contributed by atoms with Crippen LogP contribution in [0.2, 0.25) is 0 Å². The topological polar surface area (TPSA) is 73.9 Å². The van der Waals surface area contributed by atoms with E-state index < -0.39 is 0 Å². The van der Waals surface area contributed by atoms with Crippen LogP contribution in [0.4, 0.5) is 11.6 Å². The highest BCUT2D eigenvalue weighted by atomic mass is 16.1. The van der Waals surface area contributed by atoms with Gasteiger partial charge in [-0.3, -0.25) is 14.7 Å². The molecule has 1 heterocycles. The summed E-state index contributed by atoms with van der Waals surface area (Å²) >= 11 is 0. The van der Waals surface area contributed by atoms with Gasteiger partial charge in [0, 0.05) is 18.7 Å². The van der Waals surface area contributed by atoms with Crippen LogP contribution in [-0.4, -0.2) is 33.2 Å². The Hall–Kier alpha value is -2.99. The molecule has 0 aliphatic carbocycles. The van der Waals surface area contributed by atoms with Gasteiger partial charge < -0.3 is 5.32 Å². The SMILES string of the molecule is CCN(CC)Cc1ccc(Nc2nnc(Cc3ccccc3)c(=O)[nH]2)cc1. The second-order valence-corrected chi connectivity index (χ2v) is 6.40. The fraction of sp³-hybridized carbons (Fsp3) is 0.286. The minimum atomic E-state index is -0.227. The molecule has 0 bridgehead atoms. The lowest BCUT2D eigenvalue weighted by molar-refractivity contribution is 0.296. The van der Waals surface area contributed by atoms with Crippen LogP contribution in [0.25, 0.3) is 0 Å². The van der Waals surface area contributed by atoms with Crippen molar-refractivity contribution in [1.82, 2.24) is 20.1 Å². The Morgan fingerprint density at radius 1 is 0.926 bits per heavy atom. The van der Waals surface area contributed by atoms with Gasteiger partial charge in [-0.05, 0) is 36.3 Å². The Bertz CT molecular complexity index is 902. The van der Waals surface area contributed by atoms with Crippen LogP contribution in [-0.2, 0) is 13.0 Å². The van der Waals surface area contributed by atoms with Gasteiger partial charge >= 0.3 is 0 Å². The molecule has 6 heteroatoms. The molecule has 0 aliphatic heterocycles. The van der Waals surface area contributed by atoms with Crippen LogP contribution in [0, 0.1) is 0 Å². The predicted octanol–water partition coefficient (Wildman–Crippen LogP) is 3.34. The third kappa shape index (κ3) is 5.24. The standard InChI is InChI=1S/C21H25N5O/c1-3-26(4-2)15-17-10-12-18(13-11-17)22-21-23-20(27)19(24-25-21)14-16-8-6-5-7-9-16/h5-13H,3-4,14-15H2,1-2H3,(H2,22,23,25,27). The van der Waals surface area contributed by atoms with E-state index in [0.29, 0.717) is 18.1 Å².